The molecule has 1 aromatic rings. The second-order valence-corrected chi connectivity index (χ2v) is 9.35. The topological polar surface area (TPSA) is 81.9 Å². The summed E-state index contributed by atoms with van der Waals surface area (Å²) >= 11 is 0. The zero-order chi connectivity index (χ0) is 22.0. The van der Waals surface area contributed by atoms with Gasteiger partial charge in [0.1, 0.15) is 5.82 Å². The van der Waals surface area contributed by atoms with Crippen LogP contribution in [0.2, 0.25) is 0 Å². The van der Waals surface area contributed by atoms with Crippen LogP contribution >= 0.6 is 0 Å². The van der Waals surface area contributed by atoms with E-state index in [1.807, 2.05) is 11.1 Å². The van der Waals surface area contributed by atoms with Crippen molar-refractivity contribution in [3.05, 3.63) is 29.6 Å². The fourth-order valence-corrected chi connectivity index (χ4v) is 5.22. The van der Waals surface area contributed by atoms with Gasteiger partial charge in [-0.1, -0.05) is 13.0 Å². The fraction of sp³-hybridized carbons (Fsp3) is 0.652. The number of piperidine rings is 2. The van der Waals surface area contributed by atoms with E-state index in [0.717, 1.165) is 51.7 Å². The Hall–Kier alpha value is -2.03. The van der Waals surface area contributed by atoms with E-state index in [4.69, 9.17) is 5.84 Å². The minimum atomic E-state index is -0.453. The van der Waals surface area contributed by atoms with E-state index in [0.29, 0.717) is 30.0 Å². The third-order valence-corrected chi connectivity index (χ3v) is 7.25. The van der Waals surface area contributed by atoms with E-state index in [1.54, 1.807) is 6.07 Å². The van der Waals surface area contributed by atoms with E-state index in [9.17, 15) is 14.0 Å². The number of hydrazine groups is 1. The number of carbonyl (C=O) groups excluding carboxylic acids is 2. The number of hydrogen-bond donors (Lipinski definition) is 2. The molecule has 3 saturated heterocycles. The number of nitrogens with one attached hydrogen (secondary N) is 1. The monoisotopic (exact) mass is 431 g/mol. The van der Waals surface area contributed by atoms with Gasteiger partial charge in [0.05, 0.1) is 11.6 Å². The van der Waals surface area contributed by atoms with Crippen LogP contribution < -0.4 is 16.1 Å². The Kier molecular flexibility index (Phi) is 6.89. The van der Waals surface area contributed by atoms with Crippen LogP contribution in [0, 0.1) is 17.7 Å². The highest BCUT2D eigenvalue weighted by Crippen LogP contribution is 2.30. The molecular formula is C23H34FN5O2. The van der Waals surface area contributed by atoms with Crippen molar-refractivity contribution in [3.63, 3.8) is 0 Å². The Morgan fingerprint density at radius 2 is 1.81 bits per heavy atom. The summed E-state index contributed by atoms with van der Waals surface area (Å²) in [5.41, 5.74) is 1.24. The van der Waals surface area contributed by atoms with Crippen molar-refractivity contribution >= 4 is 17.5 Å². The van der Waals surface area contributed by atoms with Gasteiger partial charge in [-0.2, -0.15) is 0 Å². The van der Waals surface area contributed by atoms with Gasteiger partial charge < -0.3 is 4.90 Å². The predicted octanol–water partition coefficient (Wildman–Crippen LogP) is 1.69. The Morgan fingerprint density at radius 1 is 1.10 bits per heavy atom. The number of hydrogen-bond acceptors (Lipinski definition) is 6. The fourth-order valence-electron chi connectivity index (χ4n) is 5.22. The van der Waals surface area contributed by atoms with Gasteiger partial charge in [0.25, 0.3) is 0 Å². The lowest BCUT2D eigenvalue weighted by Gasteiger charge is -2.39. The van der Waals surface area contributed by atoms with E-state index in [2.05, 4.69) is 22.0 Å². The van der Waals surface area contributed by atoms with Gasteiger partial charge in [-0.3, -0.25) is 25.6 Å². The van der Waals surface area contributed by atoms with Gasteiger partial charge in [-0.05, 0) is 48.8 Å². The lowest BCUT2D eigenvalue weighted by atomic mass is 9.85. The minimum Gasteiger partial charge on any atom is -0.367 e. The van der Waals surface area contributed by atoms with Gasteiger partial charge in [-0.25, -0.2) is 9.40 Å². The number of rotatable bonds is 5. The molecular weight excluding hydrogens is 397 g/mol. The highest BCUT2D eigenvalue weighted by Gasteiger charge is 2.30. The predicted molar refractivity (Wildman–Crippen MR) is 118 cm³/mol. The first-order valence-electron chi connectivity index (χ1n) is 11.5. The average molecular weight is 432 g/mol. The van der Waals surface area contributed by atoms with E-state index in [1.165, 1.54) is 18.9 Å². The lowest BCUT2D eigenvalue weighted by Crippen LogP contribution is -2.49. The smallest absolute Gasteiger partial charge is 0.234 e. The zero-order valence-corrected chi connectivity index (χ0v) is 18.4. The Morgan fingerprint density at radius 3 is 2.45 bits per heavy atom. The molecule has 2 amide bonds. The Balaban J connectivity index is 1.30. The summed E-state index contributed by atoms with van der Waals surface area (Å²) in [5.74, 6) is 5.92. The molecule has 170 valence electrons. The van der Waals surface area contributed by atoms with Crippen LogP contribution in [0.15, 0.2) is 18.2 Å². The third kappa shape index (κ3) is 5.25. The maximum absolute atomic E-state index is 14.9. The van der Waals surface area contributed by atoms with Crippen molar-refractivity contribution in [2.75, 3.05) is 50.7 Å². The van der Waals surface area contributed by atoms with E-state index >= 15 is 0 Å². The van der Waals surface area contributed by atoms with Crippen molar-refractivity contribution in [1.82, 2.24) is 15.2 Å². The van der Waals surface area contributed by atoms with Crippen LogP contribution in [0.1, 0.15) is 44.1 Å². The first-order valence-corrected chi connectivity index (χ1v) is 11.5. The summed E-state index contributed by atoms with van der Waals surface area (Å²) in [6, 6.07) is 5.08. The van der Waals surface area contributed by atoms with Crippen LogP contribution in [0.25, 0.3) is 0 Å². The highest BCUT2D eigenvalue weighted by atomic mass is 19.1. The minimum absolute atomic E-state index is 0.254. The number of piperazine rings is 1. The largest absolute Gasteiger partial charge is 0.367 e. The van der Waals surface area contributed by atoms with Crippen molar-refractivity contribution in [3.8, 4) is 0 Å². The maximum Gasteiger partial charge on any atom is 0.234 e. The number of nitrogens with zero attached hydrogens (tertiary/aromatic N) is 3. The van der Waals surface area contributed by atoms with Crippen LogP contribution in [0.5, 0.6) is 0 Å². The van der Waals surface area contributed by atoms with Gasteiger partial charge in [-0.15, -0.1) is 0 Å². The molecule has 3 aliphatic heterocycles. The molecule has 0 aliphatic carbocycles. The molecule has 1 unspecified atom stereocenters. The third-order valence-electron chi connectivity index (χ3n) is 7.25. The van der Waals surface area contributed by atoms with Crippen LogP contribution in [-0.2, 0) is 9.59 Å². The Bertz CT molecular complexity index is 803. The normalized spacial score (nSPS) is 25.5. The second kappa shape index (κ2) is 9.63. The molecule has 3 aliphatic rings. The first-order chi connectivity index (χ1) is 14.9. The van der Waals surface area contributed by atoms with Crippen molar-refractivity contribution in [2.24, 2.45) is 17.7 Å². The second-order valence-electron chi connectivity index (χ2n) is 9.35. The van der Waals surface area contributed by atoms with Gasteiger partial charge >= 0.3 is 0 Å². The van der Waals surface area contributed by atoms with Crippen molar-refractivity contribution in [1.29, 1.82) is 0 Å². The summed E-state index contributed by atoms with van der Waals surface area (Å²) in [6.45, 7) is 8.83. The quantitative estimate of drug-likeness (QED) is 0.546. The molecule has 7 nitrogen and oxygen atoms in total. The number of imide groups is 1. The summed E-state index contributed by atoms with van der Waals surface area (Å²) in [5, 5.41) is 4.27. The standard InChI is InChI=1S/C23H34FN5O2/c1-16(17-6-8-29(25)9-7-17)15-27-10-12-28(13-11-27)21-4-2-18(14-20(21)24)19-3-5-22(30)26-23(19)31/h2,4,14,16-17,19H,3,5-13,15,25H2,1H3,(H,26,30,31)/t16-,19?/m1/s1. The number of benzene rings is 1. The number of halogens is 1. The van der Waals surface area contributed by atoms with Gasteiger partial charge in [0, 0.05) is 52.2 Å². The zero-order valence-electron chi connectivity index (χ0n) is 18.4. The molecule has 4 rings (SSSR count). The molecule has 3 fully saturated rings. The van der Waals surface area contributed by atoms with Crippen molar-refractivity contribution in [2.45, 2.75) is 38.5 Å². The number of anilines is 1. The molecule has 31 heavy (non-hydrogen) atoms. The summed E-state index contributed by atoms with van der Waals surface area (Å²) in [4.78, 5) is 28.0. The molecule has 2 atom stereocenters. The van der Waals surface area contributed by atoms with E-state index < -0.39 is 5.92 Å². The molecule has 0 saturated carbocycles. The summed E-state index contributed by atoms with van der Waals surface area (Å²) < 4.78 is 14.9. The molecule has 0 bridgehead atoms. The van der Waals surface area contributed by atoms with Gasteiger partial charge in [0.15, 0.2) is 0 Å². The summed E-state index contributed by atoms with van der Waals surface area (Å²) in [6.07, 6.45) is 3.07. The van der Waals surface area contributed by atoms with E-state index in [-0.39, 0.29) is 17.6 Å². The van der Waals surface area contributed by atoms with Crippen molar-refractivity contribution < 1.29 is 14.0 Å². The Labute approximate surface area is 183 Å². The SMILES string of the molecule is C[C@H](CN1CCN(c2ccc(C3CCC(=O)NC3=O)cc2F)CC1)C1CCN(N)CC1. The number of carbonyl (C=O) groups is 2. The van der Waals surface area contributed by atoms with Crippen LogP contribution in [0.4, 0.5) is 10.1 Å². The molecule has 0 radical (unpaired) electrons. The van der Waals surface area contributed by atoms with Crippen LogP contribution in [-0.4, -0.2) is 67.5 Å². The van der Waals surface area contributed by atoms with Gasteiger partial charge in [0.2, 0.25) is 11.8 Å². The number of nitrogens with two attached hydrogens (primary N) is 1. The molecule has 1 aromatic carbocycles. The maximum atomic E-state index is 14.9. The van der Waals surface area contributed by atoms with Crippen LogP contribution in [0.3, 0.4) is 0 Å². The lowest BCUT2D eigenvalue weighted by molar-refractivity contribution is -0.134. The molecule has 8 heteroatoms. The molecule has 3 N–H and O–H groups in total. The first kappa shape index (κ1) is 22.2. The molecule has 3 heterocycles. The average Bonchev–Trinajstić information content (AvgIpc) is 2.75. The summed E-state index contributed by atoms with van der Waals surface area (Å²) in [7, 11) is 0. The highest BCUT2D eigenvalue weighted by molar-refractivity contribution is 6.00. The molecule has 0 aromatic heterocycles. The molecule has 0 spiro atoms. The number of amides is 2.